The first-order chi connectivity index (χ1) is 14.1. The SMILES string of the molecule is O=C(NCCCCCC1COc2ccc(O)cc2C1=O)c1cc2ccccc2[nH]1. The molecule has 0 radical (unpaired) electrons. The molecular weight excluding hydrogens is 368 g/mol. The van der Waals surface area contributed by atoms with E-state index in [-0.39, 0.29) is 23.4 Å². The quantitative estimate of drug-likeness (QED) is 0.529. The van der Waals surface area contributed by atoms with Crippen LogP contribution in [0.4, 0.5) is 0 Å². The van der Waals surface area contributed by atoms with Crippen molar-refractivity contribution in [2.75, 3.05) is 13.2 Å². The number of hydrogen-bond acceptors (Lipinski definition) is 4. The number of aromatic nitrogens is 1. The highest BCUT2D eigenvalue weighted by Gasteiger charge is 2.28. The van der Waals surface area contributed by atoms with Gasteiger partial charge in [-0.1, -0.05) is 31.0 Å². The molecule has 0 saturated heterocycles. The minimum absolute atomic E-state index is 0.0364. The minimum atomic E-state index is -0.176. The van der Waals surface area contributed by atoms with Gasteiger partial charge in [0.15, 0.2) is 5.78 Å². The highest BCUT2D eigenvalue weighted by atomic mass is 16.5. The molecule has 3 aromatic rings. The number of ether oxygens (including phenoxy) is 1. The van der Waals surface area contributed by atoms with Crippen molar-refractivity contribution in [2.45, 2.75) is 25.7 Å². The number of phenolic OH excluding ortho intramolecular Hbond substituents is 1. The molecule has 1 aliphatic heterocycles. The number of carbonyl (C=O) groups is 2. The van der Waals surface area contributed by atoms with Gasteiger partial charge in [0.1, 0.15) is 17.2 Å². The molecule has 150 valence electrons. The van der Waals surface area contributed by atoms with Crippen LogP contribution in [-0.2, 0) is 0 Å². The van der Waals surface area contributed by atoms with Crippen LogP contribution in [0, 0.1) is 5.92 Å². The minimum Gasteiger partial charge on any atom is -0.508 e. The highest BCUT2D eigenvalue weighted by Crippen LogP contribution is 2.32. The van der Waals surface area contributed by atoms with Gasteiger partial charge < -0.3 is 20.1 Å². The third-order valence-electron chi connectivity index (χ3n) is 5.33. The smallest absolute Gasteiger partial charge is 0.267 e. The fourth-order valence-electron chi connectivity index (χ4n) is 3.72. The average molecular weight is 392 g/mol. The number of H-pyrrole nitrogens is 1. The molecule has 1 amide bonds. The summed E-state index contributed by atoms with van der Waals surface area (Å²) in [5.74, 6) is 0.378. The number of phenols is 1. The molecule has 6 heteroatoms. The van der Waals surface area contributed by atoms with Crippen molar-refractivity contribution in [1.82, 2.24) is 10.3 Å². The number of ketones is 1. The Morgan fingerprint density at radius 1 is 1.14 bits per heavy atom. The van der Waals surface area contributed by atoms with Crippen molar-refractivity contribution in [2.24, 2.45) is 5.92 Å². The van der Waals surface area contributed by atoms with Crippen molar-refractivity contribution < 1.29 is 19.4 Å². The van der Waals surface area contributed by atoms with E-state index in [1.54, 1.807) is 6.07 Å². The summed E-state index contributed by atoms with van der Waals surface area (Å²) in [6.07, 6.45) is 3.40. The number of Topliss-reactive ketones (excluding diaryl/α,β-unsaturated/α-hetero) is 1. The van der Waals surface area contributed by atoms with E-state index in [9.17, 15) is 14.7 Å². The van der Waals surface area contributed by atoms with Gasteiger partial charge in [-0.2, -0.15) is 0 Å². The first-order valence-corrected chi connectivity index (χ1v) is 9.98. The first-order valence-electron chi connectivity index (χ1n) is 9.98. The molecule has 0 bridgehead atoms. The molecule has 1 unspecified atom stereocenters. The van der Waals surface area contributed by atoms with Crippen LogP contribution in [0.2, 0.25) is 0 Å². The summed E-state index contributed by atoms with van der Waals surface area (Å²) >= 11 is 0. The van der Waals surface area contributed by atoms with E-state index in [4.69, 9.17) is 4.74 Å². The first kappa shape index (κ1) is 19.1. The third-order valence-corrected chi connectivity index (χ3v) is 5.33. The third kappa shape index (κ3) is 4.26. The maximum Gasteiger partial charge on any atom is 0.267 e. The second kappa shape index (κ2) is 8.39. The van der Waals surface area contributed by atoms with Gasteiger partial charge in [0.2, 0.25) is 0 Å². The summed E-state index contributed by atoms with van der Waals surface area (Å²) in [5, 5.41) is 13.5. The maximum absolute atomic E-state index is 12.6. The van der Waals surface area contributed by atoms with Crippen LogP contribution < -0.4 is 10.1 Å². The van der Waals surface area contributed by atoms with Crippen molar-refractivity contribution in [1.29, 1.82) is 0 Å². The molecule has 6 nitrogen and oxygen atoms in total. The second-order valence-electron chi connectivity index (χ2n) is 7.43. The zero-order chi connectivity index (χ0) is 20.2. The number of unbranched alkanes of at least 4 members (excludes halogenated alkanes) is 2. The summed E-state index contributed by atoms with van der Waals surface area (Å²) in [5.41, 5.74) is 1.98. The number of amides is 1. The van der Waals surface area contributed by atoms with Crippen molar-refractivity contribution >= 4 is 22.6 Å². The van der Waals surface area contributed by atoms with Crippen LogP contribution in [0.5, 0.6) is 11.5 Å². The van der Waals surface area contributed by atoms with E-state index in [1.165, 1.54) is 12.1 Å². The van der Waals surface area contributed by atoms with Crippen LogP contribution in [0.1, 0.15) is 46.5 Å². The molecule has 0 saturated carbocycles. The van der Waals surface area contributed by atoms with Gasteiger partial charge in [0, 0.05) is 17.4 Å². The molecule has 4 rings (SSSR count). The largest absolute Gasteiger partial charge is 0.508 e. The number of fused-ring (bicyclic) bond motifs is 2. The Morgan fingerprint density at radius 3 is 2.86 bits per heavy atom. The molecule has 0 fully saturated rings. The number of benzene rings is 2. The number of para-hydroxylation sites is 1. The Morgan fingerprint density at radius 2 is 2.00 bits per heavy atom. The lowest BCUT2D eigenvalue weighted by Crippen LogP contribution is -2.28. The zero-order valence-corrected chi connectivity index (χ0v) is 16.1. The molecule has 3 N–H and O–H groups in total. The van der Waals surface area contributed by atoms with Gasteiger partial charge in [0.25, 0.3) is 5.91 Å². The lowest BCUT2D eigenvalue weighted by Gasteiger charge is -2.24. The normalized spacial score (nSPS) is 15.7. The Labute approximate surface area is 168 Å². The number of rotatable bonds is 7. The second-order valence-corrected chi connectivity index (χ2v) is 7.43. The van der Waals surface area contributed by atoms with Crippen LogP contribution in [-0.4, -0.2) is 34.9 Å². The summed E-state index contributed by atoms with van der Waals surface area (Å²) in [4.78, 5) is 27.9. The molecule has 0 aliphatic carbocycles. The number of aromatic hydroxyl groups is 1. The lowest BCUT2D eigenvalue weighted by molar-refractivity contribution is 0.0817. The molecule has 1 aromatic heterocycles. The molecule has 2 heterocycles. The molecule has 1 aliphatic rings. The van der Waals surface area contributed by atoms with Crippen LogP contribution in [0.3, 0.4) is 0 Å². The Bertz CT molecular complexity index is 1010. The van der Waals surface area contributed by atoms with Gasteiger partial charge in [-0.15, -0.1) is 0 Å². The Hall–Kier alpha value is -3.28. The molecule has 1 atom stereocenters. The zero-order valence-electron chi connectivity index (χ0n) is 16.1. The summed E-state index contributed by atoms with van der Waals surface area (Å²) < 4.78 is 5.65. The predicted octanol–water partition coefficient (Wildman–Crippen LogP) is 4.06. The van der Waals surface area contributed by atoms with Gasteiger partial charge in [0.05, 0.1) is 18.1 Å². The van der Waals surface area contributed by atoms with E-state index in [0.717, 1.165) is 36.6 Å². The van der Waals surface area contributed by atoms with E-state index >= 15 is 0 Å². The van der Waals surface area contributed by atoms with Crippen LogP contribution in [0.15, 0.2) is 48.5 Å². The van der Waals surface area contributed by atoms with Gasteiger partial charge in [-0.05, 0) is 43.2 Å². The monoisotopic (exact) mass is 392 g/mol. The van der Waals surface area contributed by atoms with Crippen LogP contribution >= 0.6 is 0 Å². The van der Waals surface area contributed by atoms with E-state index in [1.807, 2.05) is 30.3 Å². The van der Waals surface area contributed by atoms with E-state index in [0.29, 0.717) is 30.2 Å². The van der Waals surface area contributed by atoms with Gasteiger partial charge in [-0.3, -0.25) is 9.59 Å². The average Bonchev–Trinajstić information content (AvgIpc) is 3.16. The number of aromatic amines is 1. The maximum atomic E-state index is 12.6. The lowest BCUT2D eigenvalue weighted by atomic mass is 9.90. The summed E-state index contributed by atoms with van der Waals surface area (Å²) in [6.45, 7) is 0.980. The van der Waals surface area contributed by atoms with Gasteiger partial charge >= 0.3 is 0 Å². The van der Waals surface area contributed by atoms with E-state index in [2.05, 4.69) is 10.3 Å². The number of carbonyl (C=O) groups excluding carboxylic acids is 2. The predicted molar refractivity (Wildman–Crippen MR) is 111 cm³/mol. The van der Waals surface area contributed by atoms with Crippen LogP contribution in [0.25, 0.3) is 10.9 Å². The molecular formula is C23H24N2O4. The molecule has 29 heavy (non-hydrogen) atoms. The number of hydrogen-bond donors (Lipinski definition) is 3. The Balaban J connectivity index is 1.18. The summed E-state index contributed by atoms with van der Waals surface area (Å²) in [6, 6.07) is 14.3. The van der Waals surface area contributed by atoms with Crippen molar-refractivity contribution in [3.63, 3.8) is 0 Å². The topological polar surface area (TPSA) is 91.4 Å². The molecule has 2 aromatic carbocycles. The van der Waals surface area contributed by atoms with E-state index < -0.39 is 0 Å². The number of nitrogens with one attached hydrogen (secondary N) is 2. The Kier molecular flexibility index (Phi) is 5.51. The standard InChI is InChI=1S/C23H24N2O4/c26-17-9-10-21-18(13-17)22(27)16(14-29-21)7-2-1-5-11-24-23(28)20-12-15-6-3-4-8-19(15)25-20/h3-4,6,8-10,12-13,16,25-26H,1-2,5,7,11,14H2,(H,24,28). The fourth-order valence-corrected chi connectivity index (χ4v) is 3.72. The van der Waals surface area contributed by atoms with Gasteiger partial charge in [-0.25, -0.2) is 0 Å². The van der Waals surface area contributed by atoms with Crippen molar-refractivity contribution in [3.05, 3.63) is 59.8 Å². The van der Waals surface area contributed by atoms with Crippen molar-refractivity contribution in [3.8, 4) is 11.5 Å². The molecule has 0 spiro atoms. The fraction of sp³-hybridized carbons (Fsp3) is 0.304. The highest BCUT2D eigenvalue weighted by molar-refractivity contribution is 6.01. The summed E-state index contributed by atoms with van der Waals surface area (Å²) in [7, 11) is 0.